The molecule has 2 aromatic rings. The predicted molar refractivity (Wildman–Crippen MR) is 88.7 cm³/mol. The molecule has 23 heavy (non-hydrogen) atoms. The molecule has 7 heteroatoms. The zero-order chi connectivity index (χ0) is 16.8. The molecule has 1 aliphatic rings. The van der Waals surface area contributed by atoms with Crippen molar-refractivity contribution < 1.29 is 17.9 Å². The lowest BCUT2D eigenvalue weighted by atomic mass is 10.1. The van der Waals surface area contributed by atoms with Crippen LogP contribution in [0.1, 0.15) is 22.5 Å². The van der Waals surface area contributed by atoms with E-state index in [1.165, 1.54) is 0 Å². The topological polar surface area (TPSA) is 79.5 Å². The van der Waals surface area contributed by atoms with E-state index in [9.17, 15) is 13.2 Å². The van der Waals surface area contributed by atoms with Gasteiger partial charge in [-0.25, -0.2) is 8.42 Å². The molecule has 2 heterocycles. The van der Waals surface area contributed by atoms with E-state index in [0.29, 0.717) is 17.7 Å². The van der Waals surface area contributed by atoms with E-state index in [-0.39, 0.29) is 23.5 Å². The zero-order valence-corrected chi connectivity index (χ0v) is 14.2. The molecule has 1 N–H and O–H groups in total. The number of hydrogen-bond donors (Lipinski definition) is 1. The lowest BCUT2D eigenvalue weighted by molar-refractivity contribution is 0.0749. The molecule has 1 unspecified atom stereocenters. The van der Waals surface area contributed by atoms with Crippen LogP contribution in [-0.4, -0.2) is 55.9 Å². The van der Waals surface area contributed by atoms with Crippen molar-refractivity contribution in [3.63, 3.8) is 0 Å². The van der Waals surface area contributed by atoms with Gasteiger partial charge in [0, 0.05) is 18.8 Å². The van der Waals surface area contributed by atoms with Crippen LogP contribution in [0.5, 0.6) is 5.75 Å². The zero-order valence-electron chi connectivity index (χ0n) is 13.4. The molecule has 0 saturated carbocycles. The van der Waals surface area contributed by atoms with Gasteiger partial charge in [-0.05, 0) is 25.5 Å². The van der Waals surface area contributed by atoms with Gasteiger partial charge in [-0.1, -0.05) is 6.07 Å². The van der Waals surface area contributed by atoms with Gasteiger partial charge in [-0.2, -0.15) is 0 Å². The fourth-order valence-electron chi connectivity index (χ4n) is 3.21. The molecule has 1 aliphatic heterocycles. The van der Waals surface area contributed by atoms with Crippen LogP contribution in [0, 0.1) is 6.92 Å². The first-order chi connectivity index (χ1) is 10.8. The van der Waals surface area contributed by atoms with Crippen LogP contribution in [0.15, 0.2) is 18.2 Å². The van der Waals surface area contributed by atoms with E-state index in [1.54, 1.807) is 19.1 Å². The molecule has 0 radical (unpaired) electrons. The number of carbonyl (C=O) groups is 1. The average molecular weight is 336 g/mol. The molecule has 0 spiro atoms. The van der Waals surface area contributed by atoms with Crippen LogP contribution in [0.3, 0.4) is 0 Å². The van der Waals surface area contributed by atoms with Crippen molar-refractivity contribution in [2.75, 3.05) is 25.7 Å². The number of aryl methyl sites for hydroxylation is 1. The monoisotopic (exact) mass is 336 g/mol. The Morgan fingerprint density at radius 3 is 2.74 bits per heavy atom. The quantitative estimate of drug-likeness (QED) is 0.926. The molecular weight excluding hydrogens is 316 g/mol. The van der Waals surface area contributed by atoms with Gasteiger partial charge < -0.3 is 14.6 Å². The summed E-state index contributed by atoms with van der Waals surface area (Å²) in [4.78, 5) is 17.7. The first-order valence-electron chi connectivity index (χ1n) is 7.47. The summed E-state index contributed by atoms with van der Waals surface area (Å²) in [5.74, 6) is 0.627. The summed E-state index contributed by atoms with van der Waals surface area (Å²) in [5.41, 5.74) is 2.13. The van der Waals surface area contributed by atoms with Crippen LogP contribution >= 0.6 is 0 Å². The minimum atomic E-state index is -3.03. The largest absolute Gasteiger partial charge is 0.496 e. The van der Waals surface area contributed by atoms with Crippen LogP contribution in [0.4, 0.5) is 0 Å². The van der Waals surface area contributed by atoms with Crippen molar-refractivity contribution in [1.29, 1.82) is 0 Å². The number of carbonyl (C=O) groups excluding carboxylic acids is 1. The number of methoxy groups -OCH3 is 1. The van der Waals surface area contributed by atoms with E-state index >= 15 is 0 Å². The van der Waals surface area contributed by atoms with Crippen molar-refractivity contribution >= 4 is 26.6 Å². The molecule has 1 fully saturated rings. The summed E-state index contributed by atoms with van der Waals surface area (Å²) >= 11 is 0. The number of nitrogens with zero attached hydrogens (tertiary/aromatic N) is 1. The molecule has 1 saturated heterocycles. The van der Waals surface area contributed by atoms with E-state index in [0.717, 1.165) is 16.6 Å². The highest BCUT2D eigenvalue weighted by atomic mass is 32.2. The minimum Gasteiger partial charge on any atom is -0.496 e. The molecule has 6 nitrogen and oxygen atoms in total. The number of amides is 1. The van der Waals surface area contributed by atoms with E-state index in [4.69, 9.17) is 4.74 Å². The Hall–Kier alpha value is -2.02. The van der Waals surface area contributed by atoms with Crippen molar-refractivity contribution in [3.05, 3.63) is 29.5 Å². The Morgan fingerprint density at radius 2 is 2.13 bits per heavy atom. The second-order valence-electron chi connectivity index (χ2n) is 5.98. The SMILES string of the molecule is COc1cccc2[nH]c(C)c(C(=O)N(C)C3CCS(=O)(=O)C3)c12. The lowest BCUT2D eigenvalue weighted by Gasteiger charge is -2.23. The number of ether oxygens (including phenoxy) is 1. The summed E-state index contributed by atoms with van der Waals surface area (Å²) in [5, 5.41) is 0.741. The predicted octanol–water partition coefficient (Wildman–Crippen LogP) is 1.74. The van der Waals surface area contributed by atoms with Gasteiger partial charge in [-0.15, -0.1) is 0 Å². The van der Waals surface area contributed by atoms with Gasteiger partial charge in [0.2, 0.25) is 0 Å². The molecule has 1 aromatic carbocycles. The lowest BCUT2D eigenvalue weighted by Crippen LogP contribution is -2.38. The molecule has 0 bridgehead atoms. The van der Waals surface area contributed by atoms with Crippen molar-refractivity contribution in [3.8, 4) is 5.75 Å². The van der Waals surface area contributed by atoms with Crippen molar-refractivity contribution in [1.82, 2.24) is 9.88 Å². The van der Waals surface area contributed by atoms with E-state index in [1.807, 2.05) is 25.1 Å². The number of rotatable bonds is 3. The number of hydrogen-bond acceptors (Lipinski definition) is 4. The number of H-pyrrole nitrogens is 1. The standard InChI is InChI=1S/C16H20N2O4S/c1-10-14(15-12(17-10)5-4-6-13(15)22-3)16(19)18(2)11-7-8-23(20,21)9-11/h4-6,11,17H,7-9H2,1-3H3. The Morgan fingerprint density at radius 1 is 1.39 bits per heavy atom. The molecular formula is C16H20N2O4S. The normalized spacial score (nSPS) is 19.9. The summed E-state index contributed by atoms with van der Waals surface area (Å²) in [6, 6.07) is 5.29. The van der Waals surface area contributed by atoms with Crippen LogP contribution in [0.25, 0.3) is 10.9 Å². The maximum atomic E-state index is 13.0. The van der Waals surface area contributed by atoms with Gasteiger partial charge >= 0.3 is 0 Å². The summed E-state index contributed by atoms with van der Waals surface area (Å²) < 4.78 is 28.7. The molecule has 124 valence electrons. The second kappa shape index (κ2) is 5.56. The Labute approximate surface area is 135 Å². The van der Waals surface area contributed by atoms with Gasteiger partial charge in [0.15, 0.2) is 9.84 Å². The summed E-state index contributed by atoms with van der Waals surface area (Å²) in [6.07, 6.45) is 0.489. The number of nitrogens with one attached hydrogen (secondary N) is 1. The number of fused-ring (bicyclic) bond motifs is 1. The van der Waals surface area contributed by atoms with Gasteiger partial charge in [0.25, 0.3) is 5.91 Å². The first kappa shape index (κ1) is 15.9. The maximum Gasteiger partial charge on any atom is 0.256 e. The third kappa shape index (κ3) is 2.69. The number of aromatic amines is 1. The fraction of sp³-hybridized carbons (Fsp3) is 0.438. The highest BCUT2D eigenvalue weighted by Gasteiger charge is 2.34. The third-order valence-electron chi connectivity index (χ3n) is 4.48. The van der Waals surface area contributed by atoms with Gasteiger partial charge in [0.1, 0.15) is 5.75 Å². The first-order valence-corrected chi connectivity index (χ1v) is 9.29. The molecule has 1 aromatic heterocycles. The molecule has 0 aliphatic carbocycles. The van der Waals surface area contributed by atoms with E-state index in [2.05, 4.69) is 4.98 Å². The maximum absolute atomic E-state index is 13.0. The van der Waals surface area contributed by atoms with Crippen LogP contribution in [0.2, 0.25) is 0 Å². The number of benzene rings is 1. The molecule has 1 amide bonds. The van der Waals surface area contributed by atoms with Crippen LogP contribution in [-0.2, 0) is 9.84 Å². The Bertz CT molecular complexity index is 870. The minimum absolute atomic E-state index is 0.0355. The van der Waals surface area contributed by atoms with Gasteiger partial charge in [0.05, 0.1) is 35.1 Å². The smallest absolute Gasteiger partial charge is 0.256 e. The third-order valence-corrected chi connectivity index (χ3v) is 6.23. The van der Waals surface area contributed by atoms with Crippen molar-refractivity contribution in [2.24, 2.45) is 0 Å². The Balaban J connectivity index is 2.03. The summed E-state index contributed by atoms with van der Waals surface area (Å²) in [6.45, 7) is 1.84. The Kier molecular flexibility index (Phi) is 3.83. The summed E-state index contributed by atoms with van der Waals surface area (Å²) in [7, 11) is 0.202. The molecule has 3 rings (SSSR count). The highest BCUT2D eigenvalue weighted by molar-refractivity contribution is 7.91. The average Bonchev–Trinajstić information content (AvgIpc) is 3.04. The number of aromatic nitrogens is 1. The van der Waals surface area contributed by atoms with Crippen molar-refractivity contribution in [2.45, 2.75) is 19.4 Å². The van der Waals surface area contributed by atoms with Crippen LogP contribution < -0.4 is 4.74 Å². The fourth-order valence-corrected chi connectivity index (χ4v) is 4.98. The highest BCUT2D eigenvalue weighted by Crippen LogP contribution is 2.32. The second-order valence-corrected chi connectivity index (χ2v) is 8.21. The van der Waals surface area contributed by atoms with Gasteiger partial charge in [-0.3, -0.25) is 4.79 Å². The van der Waals surface area contributed by atoms with E-state index < -0.39 is 9.84 Å². The molecule has 1 atom stereocenters. The number of sulfone groups is 1.